The predicted molar refractivity (Wildman–Crippen MR) is 82.4 cm³/mol. The average Bonchev–Trinajstić information content (AvgIpc) is 2.43. The molecule has 0 unspecified atom stereocenters. The van der Waals surface area contributed by atoms with E-state index < -0.39 is 0 Å². The highest BCUT2D eigenvalue weighted by Gasteiger charge is 2.01. The summed E-state index contributed by atoms with van der Waals surface area (Å²) in [4.78, 5) is 0. The fourth-order valence-electron chi connectivity index (χ4n) is 1.92. The summed E-state index contributed by atoms with van der Waals surface area (Å²) in [6, 6.07) is 13.6. The second-order valence-electron chi connectivity index (χ2n) is 4.82. The van der Waals surface area contributed by atoms with Crippen molar-refractivity contribution in [2.45, 2.75) is 20.3 Å². The first kappa shape index (κ1) is 14.3. The van der Waals surface area contributed by atoms with Gasteiger partial charge >= 0.3 is 0 Å². The van der Waals surface area contributed by atoms with Crippen LogP contribution in [0, 0.1) is 13.8 Å². The van der Waals surface area contributed by atoms with Gasteiger partial charge in [-0.15, -0.1) is 0 Å². The quantitative estimate of drug-likeness (QED) is 0.643. The molecule has 0 atom stereocenters. The fourth-order valence-corrected chi connectivity index (χ4v) is 1.92. The summed E-state index contributed by atoms with van der Waals surface area (Å²) in [5.41, 5.74) is 8.85. The Kier molecular flexibility index (Phi) is 4.88. The van der Waals surface area contributed by atoms with Crippen LogP contribution in [0.2, 0.25) is 0 Å². The highest BCUT2D eigenvalue weighted by Crippen LogP contribution is 2.20. The molecule has 2 N–H and O–H groups in total. The molecule has 106 valence electrons. The lowest BCUT2D eigenvalue weighted by Crippen LogP contribution is -2.06. The standard InChI is InChI=1S/C17H21NO2/c1-13-6-3-9-17(14(13)2)20-11-5-10-19-16-8-4-7-15(18)12-16/h3-4,6-9,12H,5,10-11,18H2,1-2H3. The summed E-state index contributed by atoms with van der Waals surface area (Å²) < 4.78 is 11.4. The summed E-state index contributed by atoms with van der Waals surface area (Å²) in [6.45, 7) is 5.43. The molecule has 0 aliphatic heterocycles. The molecule has 20 heavy (non-hydrogen) atoms. The van der Waals surface area contributed by atoms with Crippen molar-refractivity contribution in [1.29, 1.82) is 0 Å². The summed E-state index contributed by atoms with van der Waals surface area (Å²) in [7, 11) is 0. The van der Waals surface area contributed by atoms with Crippen molar-refractivity contribution in [3.63, 3.8) is 0 Å². The smallest absolute Gasteiger partial charge is 0.122 e. The van der Waals surface area contributed by atoms with Crippen LogP contribution in [0.15, 0.2) is 42.5 Å². The van der Waals surface area contributed by atoms with Gasteiger partial charge in [0.05, 0.1) is 13.2 Å². The van der Waals surface area contributed by atoms with Gasteiger partial charge in [0.1, 0.15) is 11.5 Å². The first-order valence-electron chi connectivity index (χ1n) is 6.84. The number of hydrogen-bond acceptors (Lipinski definition) is 3. The van der Waals surface area contributed by atoms with Gasteiger partial charge in [-0.1, -0.05) is 18.2 Å². The van der Waals surface area contributed by atoms with E-state index in [-0.39, 0.29) is 0 Å². The molecular weight excluding hydrogens is 250 g/mol. The highest BCUT2D eigenvalue weighted by molar-refractivity contribution is 5.43. The van der Waals surface area contributed by atoms with Crippen LogP contribution in [0.3, 0.4) is 0 Å². The Morgan fingerprint density at radius 2 is 1.70 bits per heavy atom. The molecule has 3 heteroatoms. The van der Waals surface area contributed by atoms with E-state index in [1.54, 1.807) is 0 Å². The second-order valence-corrected chi connectivity index (χ2v) is 4.82. The van der Waals surface area contributed by atoms with Gasteiger partial charge in [-0.05, 0) is 43.2 Å². The number of nitrogens with two attached hydrogens (primary N) is 1. The Morgan fingerprint density at radius 3 is 2.50 bits per heavy atom. The summed E-state index contributed by atoms with van der Waals surface area (Å²) in [6.07, 6.45) is 0.835. The minimum atomic E-state index is 0.619. The van der Waals surface area contributed by atoms with Gasteiger partial charge in [-0.2, -0.15) is 0 Å². The predicted octanol–water partition coefficient (Wildman–Crippen LogP) is 3.73. The van der Waals surface area contributed by atoms with E-state index in [2.05, 4.69) is 19.9 Å². The summed E-state index contributed by atoms with van der Waals surface area (Å²) in [5.74, 6) is 1.76. The van der Waals surface area contributed by atoms with Crippen molar-refractivity contribution >= 4 is 5.69 Å². The third-order valence-electron chi connectivity index (χ3n) is 3.23. The van der Waals surface area contributed by atoms with E-state index >= 15 is 0 Å². The summed E-state index contributed by atoms with van der Waals surface area (Å²) in [5, 5.41) is 0. The van der Waals surface area contributed by atoms with Gasteiger partial charge < -0.3 is 15.2 Å². The lowest BCUT2D eigenvalue weighted by Gasteiger charge is -2.11. The molecule has 0 radical (unpaired) electrons. The normalized spacial score (nSPS) is 10.3. The molecule has 0 heterocycles. The number of aryl methyl sites for hydroxylation is 1. The lowest BCUT2D eigenvalue weighted by molar-refractivity contribution is 0.246. The van der Waals surface area contributed by atoms with E-state index in [1.807, 2.05) is 36.4 Å². The van der Waals surface area contributed by atoms with Crippen LogP contribution in [0.4, 0.5) is 5.69 Å². The molecule has 0 amide bonds. The molecule has 0 bridgehead atoms. The fraction of sp³-hybridized carbons (Fsp3) is 0.294. The Hall–Kier alpha value is -2.16. The zero-order valence-corrected chi connectivity index (χ0v) is 12.1. The third-order valence-corrected chi connectivity index (χ3v) is 3.23. The van der Waals surface area contributed by atoms with Crippen molar-refractivity contribution in [3.05, 3.63) is 53.6 Å². The number of anilines is 1. The zero-order chi connectivity index (χ0) is 14.4. The van der Waals surface area contributed by atoms with Crippen LogP contribution >= 0.6 is 0 Å². The number of ether oxygens (including phenoxy) is 2. The Balaban J connectivity index is 1.73. The molecule has 0 saturated heterocycles. The monoisotopic (exact) mass is 271 g/mol. The highest BCUT2D eigenvalue weighted by atomic mass is 16.5. The van der Waals surface area contributed by atoms with Gasteiger partial charge in [0.2, 0.25) is 0 Å². The molecule has 3 nitrogen and oxygen atoms in total. The molecule has 2 aromatic carbocycles. The largest absolute Gasteiger partial charge is 0.493 e. The van der Waals surface area contributed by atoms with Crippen molar-refractivity contribution in [2.24, 2.45) is 0 Å². The molecule has 0 aromatic heterocycles. The first-order valence-corrected chi connectivity index (χ1v) is 6.84. The van der Waals surface area contributed by atoms with E-state index in [9.17, 15) is 0 Å². The van der Waals surface area contributed by atoms with Crippen LogP contribution < -0.4 is 15.2 Å². The van der Waals surface area contributed by atoms with E-state index in [1.165, 1.54) is 11.1 Å². The Bertz CT molecular complexity index is 567. The van der Waals surface area contributed by atoms with Crippen molar-refractivity contribution in [3.8, 4) is 11.5 Å². The molecule has 0 aliphatic rings. The first-order chi connectivity index (χ1) is 9.66. The van der Waals surface area contributed by atoms with Gasteiger partial charge in [0, 0.05) is 18.2 Å². The number of hydrogen-bond donors (Lipinski definition) is 1. The van der Waals surface area contributed by atoms with Crippen molar-refractivity contribution < 1.29 is 9.47 Å². The second kappa shape index (κ2) is 6.85. The SMILES string of the molecule is Cc1cccc(OCCCOc2cccc(N)c2)c1C. The maximum Gasteiger partial charge on any atom is 0.122 e. The van der Waals surface area contributed by atoms with Crippen molar-refractivity contribution in [1.82, 2.24) is 0 Å². The van der Waals surface area contributed by atoms with Crippen LogP contribution in [-0.4, -0.2) is 13.2 Å². The van der Waals surface area contributed by atoms with E-state index in [0.717, 1.165) is 17.9 Å². The lowest BCUT2D eigenvalue weighted by atomic mass is 10.1. The van der Waals surface area contributed by atoms with Crippen molar-refractivity contribution in [2.75, 3.05) is 18.9 Å². The molecule has 0 spiro atoms. The van der Waals surface area contributed by atoms with Gasteiger partial charge in [0.15, 0.2) is 0 Å². The Labute approximate surface area is 120 Å². The molecule has 0 fully saturated rings. The van der Waals surface area contributed by atoms with Crippen LogP contribution in [-0.2, 0) is 0 Å². The van der Waals surface area contributed by atoms with Gasteiger partial charge in [0.25, 0.3) is 0 Å². The van der Waals surface area contributed by atoms with Crippen LogP contribution in [0.1, 0.15) is 17.5 Å². The van der Waals surface area contributed by atoms with Crippen LogP contribution in [0.25, 0.3) is 0 Å². The maximum atomic E-state index is 5.77. The number of nitrogen functional groups attached to an aromatic ring is 1. The minimum Gasteiger partial charge on any atom is -0.493 e. The molecule has 2 aromatic rings. The van der Waals surface area contributed by atoms with E-state index in [4.69, 9.17) is 15.2 Å². The van der Waals surface area contributed by atoms with E-state index in [0.29, 0.717) is 18.9 Å². The topological polar surface area (TPSA) is 44.5 Å². The number of benzene rings is 2. The Morgan fingerprint density at radius 1 is 0.950 bits per heavy atom. The van der Waals surface area contributed by atoms with Gasteiger partial charge in [-0.3, -0.25) is 0 Å². The third kappa shape index (κ3) is 3.92. The molecule has 2 rings (SSSR count). The maximum absolute atomic E-state index is 5.77. The molecular formula is C17H21NO2. The van der Waals surface area contributed by atoms with Gasteiger partial charge in [-0.25, -0.2) is 0 Å². The minimum absolute atomic E-state index is 0.619. The molecule has 0 saturated carbocycles. The number of rotatable bonds is 6. The zero-order valence-electron chi connectivity index (χ0n) is 12.1. The average molecular weight is 271 g/mol. The molecule has 0 aliphatic carbocycles. The summed E-state index contributed by atoms with van der Waals surface area (Å²) >= 11 is 0. The van der Waals surface area contributed by atoms with Crippen LogP contribution in [0.5, 0.6) is 11.5 Å².